The van der Waals surface area contributed by atoms with E-state index in [-0.39, 0.29) is 12.6 Å². The van der Waals surface area contributed by atoms with Crippen molar-refractivity contribution in [3.63, 3.8) is 0 Å². The van der Waals surface area contributed by atoms with Crippen molar-refractivity contribution in [1.29, 1.82) is 5.26 Å². The minimum Gasteiger partial charge on any atom is -0.367 e. The standard InChI is InChI=1S/C32H42F3N9/c1-23-24(3-4-30-28(23)17-26(18-36)44(30)16-15-41-13-11-40(2)12-14-41)19-42-8-5-25(6-9-42)39-31-27-7-10-43(21-32(33,34)35)20-29(27)37-22-38-31/h3-4,17,22,25H,5-16,19-21H2,1-2H3,(H,37,38,39). The van der Waals surface area contributed by atoms with Gasteiger partial charge in [0.05, 0.1) is 12.2 Å². The van der Waals surface area contributed by atoms with Gasteiger partial charge in [0.15, 0.2) is 0 Å². The van der Waals surface area contributed by atoms with Crippen LogP contribution in [0.1, 0.15) is 40.9 Å². The number of benzene rings is 1. The quantitative estimate of drug-likeness (QED) is 0.413. The highest BCUT2D eigenvalue weighted by atomic mass is 19.4. The zero-order chi connectivity index (χ0) is 30.8. The smallest absolute Gasteiger partial charge is 0.367 e. The molecule has 1 N–H and O–H groups in total. The molecule has 2 fully saturated rings. The van der Waals surface area contributed by atoms with Crippen molar-refractivity contribution < 1.29 is 13.2 Å². The Morgan fingerprint density at radius 3 is 2.48 bits per heavy atom. The molecule has 3 aromatic rings. The molecule has 0 bridgehead atoms. The number of fused-ring (bicyclic) bond motifs is 2. The number of aromatic nitrogens is 3. The molecule has 1 aromatic carbocycles. The molecule has 2 aromatic heterocycles. The van der Waals surface area contributed by atoms with E-state index < -0.39 is 12.7 Å². The van der Waals surface area contributed by atoms with Gasteiger partial charge in [0.2, 0.25) is 0 Å². The molecule has 0 radical (unpaired) electrons. The van der Waals surface area contributed by atoms with Crippen molar-refractivity contribution in [3.05, 3.63) is 52.6 Å². The fraction of sp³-hybridized carbons (Fsp3) is 0.594. The molecule has 12 heteroatoms. The summed E-state index contributed by atoms with van der Waals surface area (Å²) in [6.45, 7) is 10.6. The van der Waals surface area contributed by atoms with Crippen LogP contribution < -0.4 is 5.32 Å². The van der Waals surface area contributed by atoms with Crippen LogP contribution in [0.25, 0.3) is 10.9 Å². The van der Waals surface area contributed by atoms with Gasteiger partial charge in [0, 0.05) is 94.5 Å². The first-order valence-electron chi connectivity index (χ1n) is 15.7. The number of rotatable bonds is 8. The maximum Gasteiger partial charge on any atom is 0.401 e. The van der Waals surface area contributed by atoms with Crippen LogP contribution in [0.4, 0.5) is 19.0 Å². The second-order valence-electron chi connectivity index (χ2n) is 12.6. The number of piperidine rings is 1. The van der Waals surface area contributed by atoms with Gasteiger partial charge in [-0.25, -0.2) is 9.97 Å². The topological polar surface area (TPSA) is 79.5 Å². The van der Waals surface area contributed by atoms with Crippen molar-refractivity contribution in [2.75, 3.05) is 71.3 Å². The zero-order valence-corrected chi connectivity index (χ0v) is 25.7. The molecule has 6 rings (SSSR count). The normalized spacial score (nSPS) is 19.7. The molecule has 2 saturated heterocycles. The summed E-state index contributed by atoms with van der Waals surface area (Å²) in [6, 6.07) is 9.15. The average molecular weight is 610 g/mol. The van der Waals surface area contributed by atoms with E-state index in [1.165, 1.54) is 22.4 Å². The van der Waals surface area contributed by atoms with E-state index in [2.05, 4.69) is 72.8 Å². The number of aryl methyl sites for hydroxylation is 1. The summed E-state index contributed by atoms with van der Waals surface area (Å²) in [5, 5.41) is 14.7. The first-order valence-corrected chi connectivity index (χ1v) is 15.7. The van der Waals surface area contributed by atoms with Gasteiger partial charge in [-0.2, -0.15) is 18.4 Å². The fourth-order valence-electron chi connectivity index (χ4n) is 6.93. The molecule has 236 valence electrons. The number of hydrogen-bond acceptors (Lipinski definition) is 8. The Bertz CT molecular complexity index is 1500. The molecule has 44 heavy (non-hydrogen) atoms. The summed E-state index contributed by atoms with van der Waals surface area (Å²) in [6.07, 6.45) is -0.313. The SMILES string of the molecule is Cc1c(CN2CCC(Nc3ncnc4c3CCN(CC(F)(F)F)C4)CC2)ccc2c1cc(C#N)n2CCN1CCN(C)CC1. The van der Waals surface area contributed by atoms with Crippen LogP contribution in [-0.2, 0) is 26.1 Å². The third-order valence-electron chi connectivity index (χ3n) is 9.63. The van der Waals surface area contributed by atoms with E-state index in [0.717, 1.165) is 99.7 Å². The maximum atomic E-state index is 12.9. The van der Waals surface area contributed by atoms with Crippen LogP contribution >= 0.6 is 0 Å². The minimum absolute atomic E-state index is 0.198. The van der Waals surface area contributed by atoms with Crippen LogP contribution in [0.3, 0.4) is 0 Å². The Kier molecular flexibility index (Phi) is 9.10. The number of likely N-dealkylation sites (N-methyl/N-ethyl adjacent to an activating group) is 1. The number of piperazine rings is 1. The molecular weight excluding hydrogens is 567 g/mol. The molecule has 3 aliphatic rings. The Morgan fingerprint density at radius 1 is 0.977 bits per heavy atom. The van der Waals surface area contributed by atoms with E-state index in [1.807, 2.05) is 0 Å². The first kappa shape index (κ1) is 30.8. The lowest BCUT2D eigenvalue weighted by atomic mass is 10.00. The number of anilines is 1. The Morgan fingerprint density at radius 2 is 1.75 bits per heavy atom. The number of likely N-dealkylation sites (tertiary alicyclic amines) is 1. The van der Waals surface area contributed by atoms with E-state index in [4.69, 9.17) is 0 Å². The van der Waals surface area contributed by atoms with E-state index in [1.54, 1.807) is 0 Å². The number of alkyl halides is 3. The van der Waals surface area contributed by atoms with Crippen LogP contribution in [0, 0.1) is 18.3 Å². The fourth-order valence-corrected chi connectivity index (χ4v) is 6.93. The summed E-state index contributed by atoms with van der Waals surface area (Å²) < 4.78 is 40.8. The summed E-state index contributed by atoms with van der Waals surface area (Å²) >= 11 is 0. The summed E-state index contributed by atoms with van der Waals surface area (Å²) in [5.74, 6) is 0.770. The number of hydrogen-bond donors (Lipinski definition) is 1. The van der Waals surface area contributed by atoms with Gasteiger partial charge >= 0.3 is 6.18 Å². The molecule has 0 unspecified atom stereocenters. The number of nitriles is 1. The highest BCUT2D eigenvalue weighted by Gasteiger charge is 2.33. The third-order valence-corrected chi connectivity index (χ3v) is 9.63. The lowest BCUT2D eigenvalue weighted by Gasteiger charge is -2.34. The predicted molar refractivity (Wildman–Crippen MR) is 164 cm³/mol. The molecule has 0 amide bonds. The molecule has 0 spiro atoms. The van der Waals surface area contributed by atoms with Crippen molar-refractivity contribution >= 4 is 16.7 Å². The Labute approximate surface area is 257 Å². The molecule has 9 nitrogen and oxygen atoms in total. The first-order chi connectivity index (χ1) is 21.2. The van der Waals surface area contributed by atoms with Gasteiger partial charge in [0.25, 0.3) is 0 Å². The van der Waals surface area contributed by atoms with Crippen LogP contribution in [-0.4, -0.2) is 112 Å². The van der Waals surface area contributed by atoms with Crippen LogP contribution in [0.15, 0.2) is 24.5 Å². The second kappa shape index (κ2) is 13.0. The van der Waals surface area contributed by atoms with E-state index >= 15 is 0 Å². The summed E-state index contributed by atoms with van der Waals surface area (Å²) in [4.78, 5) is 17.5. The molecular formula is C32H42F3N9. The summed E-state index contributed by atoms with van der Waals surface area (Å²) in [7, 11) is 2.16. The zero-order valence-electron chi connectivity index (χ0n) is 25.7. The van der Waals surface area contributed by atoms with Gasteiger partial charge in [-0.05, 0) is 56.5 Å². The molecule has 0 saturated carbocycles. The predicted octanol–water partition coefficient (Wildman–Crippen LogP) is 3.86. The largest absolute Gasteiger partial charge is 0.401 e. The summed E-state index contributed by atoms with van der Waals surface area (Å²) in [5.41, 5.74) is 6.02. The van der Waals surface area contributed by atoms with Gasteiger partial charge in [0.1, 0.15) is 23.9 Å². The lowest BCUT2D eigenvalue weighted by Crippen LogP contribution is -2.45. The molecule has 0 atom stereocenters. The van der Waals surface area contributed by atoms with Crippen molar-refractivity contribution in [1.82, 2.24) is 34.1 Å². The van der Waals surface area contributed by atoms with Gasteiger partial charge in [-0.1, -0.05) is 6.07 Å². The molecule has 3 aliphatic heterocycles. The monoisotopic (exact) mass is 609 g/mol. The molecule has 0 aliphatic carbocycles. The van der Waals surface area contributed by atoms with Gasteiger partial charge in [-0.3, -0.25) is 14.7 Å². The highest BCUT2D eigenvalue weighted by Crippen LogP contribution is 2.29. The molecule has 5 heterocycles. The van der Waals surface area contributed by atoms with Crippen LogP contribution in [0.5, 0.6) is 0 Å². The third kappa shape index (κ3) is 7.01. The van der Waals surface area contributed by atoms with Gasteiger partial charge < -0.3 is 14.8 Å². The Hall–Kier alpha value is -3.24. The average Bonchev–Trinajstić information content (AvgIpc) is 3.37. The van der Waals surface area contributed by atoms with Crippen molar-refractivity contribution in [2.45, 2.75) is 58.0 Å². The minimum atomic E-state index is -4.21. The van der Waals surface area contributed by atoms with E-state index in [0.29, 0.717) is 18.7 Å². The maximum absolute atomic E-state index is 12.9. The van der Waals surface area contributed by atoms with Crippen molar-refractivity contribution in [2.24, 2.45) is 0 Å². The van der Waals surface area contributed by atoms with Crippen LogP contribution in [0.2, 0.25) is 0 Å². The lowest BCUT2D eigenvalue weighted by molar-refractivity contribution is -0.147. The number of nitrogens with zero attached hydrogens (tertiary/aromatic N) is 8. The second-order valence-corrected chi connectivity index (χ2v) is 12.6. The number of halogens is 3. The van der Waals surface area contributed by atoms with Crippen molar-refractivity contribution in [3.8, 4) is 6.07 Å². The van der Waals surface area contributed by atoms with Gasteiger partial charge in [-0.15, -0.1) is 0 Å². The van der Waals surface area contributed by atoms with E-state index in [9.17, 15) is 18.4 Å². The number of nitrogens with one attached hydrogen (secondary N) is 1. The highest BCUT2D eigenvalue weighted by molar-refractivity contribution is 5.86. The Balaban J connectivity index is 1.05.